The lowest BCUT2D eigenvalue weighted by Crippen LogP contribution is -2.25. The van der Waals surface area contributed by atoms with Gasteiger partial charge in [0, 0.05) is 18.0 Å². The second-order valence-corrected chi connectivity index (χ2v) is 5.91. The highest BCUT2D eigenvalue weighted by atomic mass is 35.5. The zero-order valence-electron chi connectivity index (χ0n) is 11.2. The number of halogens is 1. The molecule has 0 aliphatic carbocycles. The monoisotopic (exact) mass is 295 g/mol. The molecule has 1 unspecified atom stereocenters. The summed E-state index contributed by atoms with van der Waals surface area (Å²) in [6.07, 6.45) is 3.69. The van der Waals surface area contributed by atoms with E-state index in [0.717, 1.165) is 35.8 Å². The van der Waals surface area contributed by atoms with Crippen LogP contribution in [0.4, 0.5) is 0 Å². The topological polar surface area (TPSA) is 37.8 Å². The highest BCUT2D eigenvalue weighted by molar-refractivity contribution is 7.09. The number of hydrogen-bond donors (Lipinski definition) is 1. The Balaban J connectivity index is 2.18. The normalized spacial score (nSPS) is 12.6. The molecule has 0 saturated heterocycles. The van der Waals surface area contributed by atoms with Gasteiger partial charge in [0.2, 0.25) is 0 Å². The van der Waals surface area contributed by atoms with E-state index in [0.29, 0.717) is 5.02 Å². The van der Waals surface area contributed by atoms with E-state index in [1.54, 1.807) is 17.5 Å². The van der Waals surface area contributed by atoms with Crippen LogP contribution in [0, 0.1) is 6.92 Å². The molecule has 0 fully saturated rings. The summed E-state index contributed by atoms with van der Waals surface area (Å²) in [7, 11) is 0. The van der Waals surface area contributed by atoms with Crippen LogP contribution in [0.15, 0.2) is 23.7 Å². The Morgan fingerprint density at radius 1 is 1.47 bits per heavy atom. The van der Waals surface area contributed by atoms with Crippen molar-refractivity contribution in [2.45, 2.75) is 32.7 Å². The van der Waals surface area contributed by atoms with Crippen molar-refractivity contribution in [1.29, 1.82) is 0 Å². The lowest BCUT2D eigenvalue weighted by Gasteiger charge is -2.18. The quantitative estimate of drug-likeness (QED) is 0.881. The van der Waals surface area contributed by atoms with Gasteiger partial charge in [-0.25, -0.2) is 4.98 Å². The van der Waals surface area contributed by atoms with Crippen molar-refractivity contribution in [3.63, 3.8) is 0 Å². The van der Waals surface area contributed by atoms with Gasteiger partial charge in [-0.15, -0.1) is 11.3 Å². The van der Waals surface area contributed by atoms with Crippen LogP contribution in [-0.2, 0) is 6.42 Å². The average molecular weight is 296 g/mol. The lowest BCUT2D eigenvalue weighted by molar-refractivity contribution is 0.514. The van der Waals surface area contributed by atoms with E-state index in [-0.39, 0.29) is 6.04 Å². The summed E-state index contributed by atoms with van der Waals surface area (Å²) in [6, 6.07) is 3.86. The van der Waals surface area contributed by atoms with Gasteiger partial charge in [0.05, 0.1) is 27.5 Å². The number of hydrogen-bond acceptors (Lipinski definition) is 4. The summed E-state index contributed by atoms with van der Waals surface area (Å²) in [6.45, 7) is 5.12. The van der Waals surface area contributed by atoms with Crippen molar-refractivity contribution in [2.75, 3.05) is 6.54 Å². The molecule has 2 aromatic heterocycles. The van der Waals surface area contributed by atoms with Crippen LogP contribution >= 0.6 is 22.9 Å². The summed E-state index contributed by atoms with van der Waals surface area (Å²) >= 11 is 7.93. The predicted molar refractivity (Wildman–Crippen MR) is 80.8 cm³/mol. The SMILES string of the molecule is CCCNC(Cc1csc(C)n1)c1ncccc1Cl. The summed E-state index contributed by atoms with van der Waals surface area (Å²) < 4.78 is 0. The highest BCUT2D eigenvalue weighted by Gasteiger charge is 2.17. The molecular formula is C14H18ClN3S. The molecule has 1 N–H and O–H groups in total. The number of aryl methyl sites for hydroxylation is 1. The van der Waals surface area contributed by atoms with E-state index >= 15 is 0 Å². The second kappa shape index (κ2) is 6.98. The van der Waals surface area contributed by atoms with E-state index in [4.69, 9.17) is 11.6 Å². The van der Waals surface area contributed by atoms with E-state index < -0.39 is 0 Å². The largest absolute Gasteiger partial charge is 0.308 e. The van der Waals surface area contributed by atoms with Gasteiger partial charge in [0.1, 0.15) is 0 Å². The van der Waals surface area contributed by atoms with Gasteiger partial charge in [-0.2, -0.15) is 0 Å². The van der Waals surface area contributed by atoms with Crippen molar-refractivity contribution in [3.8, 4) is 0 Å². The van der Waals surface area contributed by atoms with Gasteiger partial charge in [0.25, 0.3) is 0 Å². The minimum Gasteiger partial charge on any atom is -0.308 e. The molecular weight excluding hydrogens is 278 g/mol. The minimum atomic E-state index is 0.121. The maximum absolute atomic E-state index is 6.25. The Hall–Kier alpha value is -0.970. The number of aromatic nitrogens is 2. The fraction of sp³-hybridized carbons (Fsp3) is 0.429. The molecule has 0 radical (unpaired) electrons. The number of rotatable bonds is 6. The van der Waals surface area contributed by atoms with Gasteiger partial charge in [-0.05, 0) is 32.0 Å². The molecule has 0 aliphatic heterocycles. The molecule has 0 bridgehead atoms. The summed E-state index contributed by atoms with van der Waals surface area (Å²) in [5, 5.41) is 7.41. The Morgan fingerprint density at radius 2 is 2.32 bits per heavy atom. The third-order valence-corrected chi connectivity index (χ3v) is 3.98. The van der Waals surface area contributed by atoms with Crippen LogP contribution in [0.5, 0.6) is 0 Å². The fourth-order valence-electron chi connectivity index (χ4n) is 1.95. The zero-order valence-corrected chi connectivity index (χ0v) is 12.8. The van der Waals surface area contributed by atoms with Crippen LogP contribution in [0.25, 0.3) is 0 Å². The molecule has 0 spiro atoms. The smallest absolute Gasteiger partial charge is 0.0897 e. The van der Waals surface area contributed by atoms with Crippen molar-refractivity contribution < 1.29 is 0 Å². The molecule has 0 aromatic carbocycles. The van der Waals surface area contributed by atoms with Crippen LogP contribution in [0.2, 0.25) is 5.02 Å². The van der Waals surface area contributed by atoms with E-state index in [9.17, 15) is 0 Å². The van der Waals surface area contributed by atoms with E-state index in [1.165, 1.54) is 0 Å². The zero-order chi connectivity index (χ0) is 13.7. The van der Waals surface area contributed by atoms with Gasteiger partial charge >= 0.3 is 0 Å². The van der Waals surface area contributed by atoms with Crippen LogP contribution < -0.4 is 5.32 Å². The first kappa shape index (κ1) is 14.4. The summed E-state index contributed by atoms with van der Waals surface area (Å²) in [5.74, 6) is 0. The molecule has 2 heterocycles. The molecule has 3 nitrogen and oxygen atoms in total. The van der Waals surface area contributed by atoms with Gasteiger partial charge < -0.3 is 5.32 Å². The average Bonchev–Trinajstić information content (AvgIpc) is 2.81. The molecule has 19 heavy (non-hydrogen) atoms. The minimum absolute atomic E-state index is 0.121. The first-order chi connectivity index (χ1) is 9.20. The Labute approximate surface area is 123 Å². The van der Waals surface area contributed by atoms with Crippen molar-refractivity contribution >= 4 is 22.9 Å². The van der Waals surface area contributed by atoms with Crippen molar-refractivity contribution in [1.82, 2.24) is 15.3 Å². The molecule has 102 valence electrons. The van der Waals surface area contributed by atoms with Crippen molar-refractivity contribution in [2.24, 2.45) is 0 Å². The number of nitrogens with zero attached hydrogens (tertiary/aromatic N) is 2. The number of pyridine rings is 1. The van der Waals surface area contributed by atoms with Gasteiger partial charge in [-0.1, -0.05) is 18.5 Å². The Kier molecular flexibility index (Phi) is 5.31. The molecule has 2 aromatic rings. The Bertz CT molecular complexity index is 527. The lowest BCUT2D eigenvalue weighted by atomic mass is 10.1. The fourth-order valence-corrected chi connectivity index (χ4v) is 2.83. The van der Waals surface area contributed by atoms with Gasteiger partial charge in [-0.3, -0.25) is 4.98 Å². The van der Waals surface area contributed by atoms with Crippen LogP contribution in [0.3, 0.4) is 0 Å². The molecule has 1 atom stereocenters. The number of nitrogens with one attached hydrogen (secondary N) is 1. The standard InChI is InChI=1S/C14H18ClN3S/c1-3-6-16-13(8-11-9-19-10(2)18-11)14-12(15)5-4-7-17-14/h4-5,7,9,13,16H,3,6,8H2,1-2H3. The third-order valence-electron chi connectivity index (χ3n) is 2.84. The van der Waals surface area contributed by atoms with E-state index in [1.807, 2.05) is 19.1 Å². The molecule has 5 heteroatoms. The molecule has 2 rings (SSSR count). The number of thiazole rings is 1. The Morgan fingerprint density at radius 3 is 2.95 bits per heavy atom. The second-order valence-electron chi connectivity index (χ2n) is 4.44. The molecule has 0 amide bonds. The summed E-state index contributed by atoms with van der Waals surface area (Å²) in [4.78, 5) is 8.94. The molecule has 0 saturated carbocycles. The van der Waals surface area contributed by atoms with Crippen molar-refractivity contribution in [3.05, 3.63) is 45.1 Å². The first-order valence-electron chi connectivity index (χ1n) is 6.45. The highest BCUT2D eigenvalue weighted by Crippen LogP contribution is 2.24. The summed E-state index contributed by atoms with van der Waals surface area (Å²) in [5.41, 5.74) is 2.00. The van der Waals surface area contributed by atoms with Crippen LogP contribution in [-0.4, -0.2) is 16.5 Å². The maximum Gasteiger partial charge on any atom is 0.0897 e. The first-order valence-corrected chi connectivity index (χ1v) is 7.71. The van der Waals surface area contributed by atoms with Crippen LogP contribution in [0.1, 0.15) is 35.8 Å². The van der Waals surface area contributed by atoms with E-state index in [2.05, 4.69) is 27.6 Å². The maximum atomic E-state index is 6.25. The predicted octanol–water partition coefficient (Wildman–Crippen LogP) is 3.78. The molecule has 0 aliphatic rings. The third kappa shape index (κ3) is 4.00. The van der Waals surface area contributed by atoms with Gasteiger partial charge in [0.15, 0.2) is 0 Å².